The van der Waals surface area contributed by atoms with Gasteiger partial charge in [0.25, 0.3) is 5.91 Å². The van der Waals surface area contributed by atoms with Crippen molar-refractivity contribution >= 4 is 28.8 Å². The van der Waals surface area contributed by atoms with Crippen LogP contribution in [0.4, 0.5) is 0 Å². The fourth-order valence-electron chi connectivity index (χ4n) is 2.59. The van der Waals surface area contributed by atoms with Crippen molar-refractivity contribution in [1.29, 1.82) is 0 Å². The SMILES string of the molecule is COc1ccc(OCCN(C)C(=O)c2sc(-c3cccc(Cl)c3)nc2C)cc1. The van der Waals surface area contributed by atoms with Crippen molar-refractivity contribution in [2.75, 3.05) is 27.3 Å². The Labute approximate surface area is 173 Å². The highest BCUT2D eigenvalue weighted by Gasteiger charge is 2.19. The molecule has 0 spiro atoms. The topological polar surface area (TPSA) is 51.7 Å². The highest BCUT2D eigenvalue weighted by molar-refractivity contribution is 7.17. The minimum atomic E-state index is -0.0680. The number of hydrogen-bond donors (Lipinski definition) is 0. The predicted octanol–water partition coefficient (Wildman–Crippen LogP) is 4.93. The molecule has 3 rings (SSSR count). The molecule has 7 heteroatoms. The molecule has 2 aromatic carbocycles. The van der Waals surface area contributed by atoms with Crippen LogP contribution >= 0.6 is 22.9 Å². The van der Waals surface area contributed by atoms with Crippen LogP contribution < -0.4 is 9.47 Å². The number of thiazole rings is 1. The first kappa shape index (κ1) is 20.2. The van der Waals surface area contributed by atoms with Gasteiger partial charge < -0.3 is 14.4 Å². The van der Waals surface area contributed by atoms with Gasteiger partial charge in [-0.05, 0) is 43.3 Å². The second kappa shape index (κ2) is 9.08. The van der Waals surface area contributed by atoms with Gasteiger partial charge in [-0.2, -0.15) is 0 Å². The number of aromatic nitrogens is 1. The molecule has 0 aliphatic carbocycles. The average molecular weight is 417 g/mol. The van der Waals surface area contributed by atoms with Crippen LogP contribution in [0, 0.1) is 6.92 Å². The average Bonchev–Trinajstić information content (AvgIpc) is 3.09. The molecule has 28 heavy (non-hydrogen) atoms. The predicted molar refractivity (Wildman–Crippen MR) is 113 cm³/mol. The van der Waals surface area contributed by atoms with E-state index in [1.54, 1.807) is 19.1 Å². The van der Waals surface area contributed by atoms with E-state index in [4.69, 9.17) is 21.1 Å². The summed E-state index contributed by atoms with van der Waals surface area (Å²) in [5, 5.41) is 1.43. The molecule has 0 saturated heterocycles. The van der Waals surface area contributed by atoms with Crippen molar-refractivity contribution < 1.29 is 14.3 Å². The molecule has 0 atom stereocenters. The molecule has 1 amide bonds. The summed E-state index contributed by atoms with van der Waals surface area (Å²) in [6.07, 6.45) is 0. The molecule has 0 fully saturated rings. The Morgan fingerprint density at radius 3 is 2.57 bits per heavy atom. The van der Waals surface area contributed by atoms with E-state index in [0.29, 0.717) is 28.7 Å². The van der Waals surface area contributed by atoms with Crippen molar-refractivity contribution in [3.63, 3.8) is 0 Å². The number of carbonyl (C=O) groups excluding carboxylic acids is 1. The second-order valence-corrected chi connectivity index (χ2v) is 7.63. The maximum absolute atomic E-state index is 12.8. The number of hydrogen-bond acceptors (Lipinski definition) is 5. The molecule has 146 valence electrons. The van der Waals surface area contributed by atoms with Crippen LogP contribution in [-0.2, 0) is 0 Å². The van der Waals surface area contributed by atoms with Crippen molar-refractivity contribution in [3.8, 4) is 22.1 Å². The highest BCUT2D eigenvalue weighted by Crippen LogP contribution is 2.30. The molecule has 5 nitrogen and oxygen atoms in total. The van der Waals surface area contributed by atoms with Crippen LogP contribution in [0.3, 0.4) is 0 Å². The highest BCUT2D eigenvalue weighted by atomic mass is 35.5. The third-order valence-corrected chi connectivity index (χ3v) is 5.59. The third-order valence-electron chi connectivity index (χ3n) is 4.16. The first-order valence-electron chi connectivity index (χ1n) is 8.73. The third kappa shape index (κ3) is 4.82. The van der Waals surface area contributed by atoms with Gasteiger partial charge in [-0.25, -0.2) is 4.98 Å². The van der Waals surface area contributed by atoms with Crippen LogP contribution in [-0.4, -0.2) is 43.1 Å². The van der Waals surface area contributed by atoms with Crippen LogP contribution in [0.25, 0.3) is 10.6 Å². The molecule has 0 saturated carbocycles. The molecule has 0 N–H and O–H groups in total. The molecule has 0 bridgehead atoms. The second-order valence-electron chi connectivity index (χ2n) is 6.19. The summed E-state index contributed by atoms with van der Waals surface area (Å²) in [6.45, 7) is 2.71. The summed E-state index contributed by atoms with van der Waals surface area (Å²) in [5.74, 6) is 1.44. The lowest BCUT2D eigenvalue weighted by molar-refractivity contribution is 0.0777. The van der Waals surface area contributed by atoms with Crippen LogP contribution in [0.5, 0.6) is 11.5 Å². The molecule has 0 radical (unpaired) electrons. The van der Waals surface area contributed by atoms with Gasteiger partial charge >= 0.3 is 0 Å². The molecule has 3 aromatic rings. The summed E-state index contributed by atoms with van der Waals surface area (Å²) in [4.78, 5) is 19.6. The van der Waals surface area contributed by atoms with Crippen LogP contribution in [0.1, 0.15) is 15.4 Å². The van der Waals surface area contributed by atoms with Crippen molar-refractivity contribution in [3.05, 3.63) is 64.1 Å². The Morgan fingerprint density at radius 2 is 1.89 bits per heavy atom. The van der Waals surface area contributed by atoms with E-state index in [-0.39, 0.29) is 5.91 Å². The molecular weight excluding hydrogens is 396 g/mol. The minimum absolute atomic E-state index is 0.0680. The van der Waals surface area contributed by atoms with E-state index < -0.39 is 0 Å². The van der Waals surface area contributed by atoms with Crippen molar-refractivity contribution in [1.82, 2.24) is 9.88 Å². The van der Waals surface area contributed by atoms with Gasteiger partial charge in [-0.15, -0.1) is 11.3 Å². The zero-order valence-corrected chi connectivity index (χ0v) is 17.5. The van der Waals surface area contributed by atoms with Crippen LogP contribution in [0.2, 0.25) is 5.02 Å². The largest absolute Gasteiger partial charge is 0.497 e. The monoisotopic (exact) mass is 416 g/mol. The van der Waals surface area contributed by atoms with E-state index in [1.807, 2.05) is 55.5 Å². The number of ether oxygens (including phenoxy) is 2. The molecule has 1 aromatic heterocycles. The maximum Gasteiger partial charge on any atom is 0.265 e. The van der Waals surface area contributed by atoms with Gasteiger partial charge in [0.15, 0.2) is 0 Å². The number of benzene rings is 2. The molecule has 0 aliphatic heterocycles. The Balaban J connectivity index is 1.61. The number of methoxy groups -OCH3 is 1. The van der Waals surface area contributed by atoms with Crippen LogP contribution in [0.15, 0.2) is 48.5 Å². The number of amides is 1. The van der Waals surface area contributed by atoms with Gasteiger partial charge in [-0.3, -0.25) is 4.79 Å². The van der Waals surface area contributed by atoms with Gasteiger partial charge in [0, 0.05) is 17.6 Å². The normalized spacial score (nSPS) is 10.6. The van der Waals surface area contributed by atoms with E-state index in [2.05, 4.69) is 4.98 Å². The fourth-order valence-corrected chi connectivity index (χ4v) is 3.83. The Hall–Kier alpha value is -2.57. The van der Waals surface area contributed by atoms with E-state index in [1.165, 1.54) is 11.3 Å². The summed E-state index contributed by atoms with van der Waals surface area (Å²) in [5.41, 5.74) is 1.62. The summed E-state index contributed by atoms with van der Waals surface area (Å²) < 4.78 is 10.8. The number of aryl methyl sites for hydroxylation is 1. The lowest BCUT2D eigenvalue weighted by atomic mass is 10.2. The maximum atomic E-state index is 12.8. The number of rotatable bonds is 7. The van der Waals surface area contributed by atoms with E-state index in [0.717, 1.165) is 22.1 Å². The smallest absolute Gasteiger partial charge is 0.265 e. The zero-order valence-electron chi connectivity index (χ0n) is 15.9. The molecule has 1 heterocycles. The Kier molecular flexibility index (Phi) is 6.54. The van der Waals surface area contributed by atoms with E-state index >= 15 is 0 Å². The number of nitrogens with zero attached hydrogens (tertiary/aromatic N) is 2. The first-order valence-corrected chi connectivity index (χ1v) is 9.93. The number of halogens is 1. The van der Waals surface area contributed by atoms with E-state index in [9.17, 15) is 4.79 Å². The minimum Gasteiger partial charge on any atom is -0.497 e. The lowest BCUT2D eigenvalue weighted by Crippen LogP contribution is -2.30. The molecule has 0 unspecified atom stereocenters. The van der Waals surface area contributed by atoms with Crippen molar-refractivity contribution in [2.45, 2.75) is 6.92 Å². The number of carbonyl (C=O) groups is 1. The van der Waals surface area contributed by atoms with Gasteiger partial charge in [0.2, 0.25) is 0 Å². The quantitative estimate of drug-likeness (QED) is 0.547. The van der Waals surface area contributed by atoms with Gasteiger partial charge in [-0.1, -0.05) is 23.7 Å². The summed E-state index contributed by atoms with van der Waals surface area (Å²) >= 11 is 7.44. The summed E-state index contributed by atoms with van der Waals surface area (Å²) in [7, 11) is 3.38. The number of likely N-dealkylation sites (N-methyl/N-ethyl adjacent to an activating group) is 1. The van der Waals surface area contributed by atoms with Gasteiger partial charge in [0.1, 0.15) is 28.0 Å². The molecular formula is C21H21ClN2O3S. The zero-order chi connectivity index (χ0) is 20.1. The standard InChI is InChI=1S/C21H21ClN2O3S/c1-14-19(28-20(23-14)15-5-4-6-16(22)13-15)21(25)24(2)11-12-27-18-9-7-17(26-3)8-10-18/h4-10,13H,11-12H2,1-3H3. The first-order chi connectivity index (χ1) is 13.5. The fraction of sp³-hybridized carbons (Fsp3) is 0.238. The Morgan fingerprint density at radius 1 is 1.18 bits per heavy atom. The van der Waals surface area contributed by atoms with Gasteiger partial charge in [0.05, 0.1) is 19.3 Å². The van der Waals surface area contributed by atoms with Crippen molar-refractivity contribution in [2.24, 2.45) is 0 Å². The lowest BCUT2D eigenvalue weighted by Gasteiger charge is -2.17. The summed E-state index contributed by atoms with van der Waals surface area (Å²) in [6, 6.07) is 14.8. The Bertz CT molecular complexity index is 957. The molecule has 0 aliphatic rings.